The van der Waals surface area contributed by atoms with Gasteiger partial charge in [-0.2, -0.15) is 0 Å². The third kappa shape index (κ3) is 4.60. The summed E-state index contributed by atoms with van der Waals surface area (Å²) >= 11 is 0. The molecule has 0 saturated carbocycles. The third-order valence-electron chi connectivity index (χ3n) is 3.29. The molecule has 0 saturated heterocycles. The molecule has 0 bridgehead atoms. The molecule has 4 heteroatoms. The summed E-state index contributed by atoms with van der Waals surface area (Å²) < 4.78 is 10.8. The van der Waals surface area contributed by atoms with Crippen molar-refractivity contribution < 1.29 is 14.3 Å². The molecule has 2 aromatic carbocycles. The van der Waals surface area contributed by atoms with Crippen molar-refractivity contribution in [3.05, 3.63) is 60.2 Å². The lowest BCUT2D eigenvalue weighted by Crippen LogP contribution is -2.37. The monoisotopic (exact) mass is 299 g/mol. The molecule has 4 nitrogen and oxygen atoms in total. The molecule has 116 valence electrons. The van der Waals surface area contributed by atoms with E-state index in [1.807, 2.05) is 37.3 Å². The number of hydrogen-bond acceptors (Lipinski definition) is 3. The average Bonchev–Trinajstić information content (AvgIpc) is 2.56. The number of carbonyl (C=O) groups is 1. The minimum absolute atomic E-state index is 0.0257. The van der Waals surface area contributed by atoms with Crippen molar-refractivity contribution in [2.75, 3.05) is 13.7 Å². The first-order valence-electron chi connectivity index (χ1n) is 7.35. The quantitative estimate of drug-likeness (QED) is 0.849. The van der Waals surface area contributed by atoms with E-state index in [2.05, 4.69) is 5.32 Å². The zero-order chi connectivity index (χ0) is 15.8. The van der Waals surface area contributed by atoms with Crippen LogP contribution in [0.15, 0.2) is 54.6 Å². The number of amides is 1. The lowest BCUT2D eigenvalue weighted by molar-refractivity contribution is 0.0894. The molecule has 1 atom stereocenters. The van der Waals surface area contributed by atoms with Crippen molar-refractivity contribution in [2.45, 2.75) is 19.4 Å². The maximum Gasteiger partial charge on any atom is 0.251 e. The van der Waals surface area contributed by atoms with Gasteiger partial charge in [-0.15, -0.1) is 0 Å². The van der Waals surface area contributed by atoms with Gasteiger partial charge in [0.2, 0.25) is 0 Å². The number of nitrogens with one attached hydrogen (secondary N) is 1. The summed E-state index contributed by atoms with van der Waals surface area (Å²) in [6.45, 7) is 2.53. The first-order chi connectivity index (χ1) is 10.7. The van der Waals surface area contributed by atoms with Crippen LogP contribution in [0.1, 0.15) is 23.7 Å². The van der Waals surface area contributed by atoms with Crippen LogP contribution < -0.4 is 10.1 Å². The van der Waals surface area contributed by atoms with Gasteiger partial charge in [-0.1, -0.05) is 25.1 Å². The molecule has 2 aromatic rings. The molecule has 0 aliphatic rings. The molecule has 0 aliphatic carbocycles. The van der Waals surface area contributed by atoms with Crippen LogP contribution in [0.3, 0.4) is 0 Å². The minimum atomic E-state index is -0.102. The lowest BCUT2D eigenvalue weighted by Gasteiger charge is -2.16. The van der Waals surface area contributed by atoms with Crippen LogP contribution >= 0.6 is 0 Å². The van der Waals surface area contributed by atoms with Crippen LogP contribution in [0.5, 0.6) is 11.5 Å². The van der Waals surface area contributed by atoms with Gasteiger partial charge in [0.25, 0.3) is 5.91 Å². The molecule has 0 spiro atoms. The number of benzene rings is 2. The van der Waals surface area contributed by atoms with E-state index in [1.165, 1.54) is 0 Å². The second kappa shape index (κ2) is 8.20. The van der Waals surface area contributed by atoms with E-state index in [0.717, 1.165) is 12.2 Å². The van der Waals surface area contributed by atoms with E-state index in [-0.39, 0.29) is 11.9 Å². The van der Waals surface area contributed by atoms with Crippen LogP contribution in [0.2, 0.25) is 0 Å². The van der Waals surface area contributed by atoms with Crippen molar-refractivity contribution in [3.63, 3.8) is 0 Å². The highest BCUT2D eigenvalue weighted by Crippen LogP contribution is 2.21. The molecule has 22 heavy (non-hydrogen) atoms. The van der Waals surface area contributed by atoms with Gasteiger partial charge in [-0.05, 0) is 42.8 Å². The van der Waals surface area contributed by atoms with Crippen LogP contribution in [-0.4, -0.2) is 25.7 Å². The van der Waals surface area contributed by atoms with Gasteiger partial charge in [-0.3, -0.25) is 4.79 Å². The maximum absolute atomic E-state index is 12.2. The van der Waals surface area contributed by atoms with Crippen molar-refractivity contribution >= 4 is 5.91 Å². The molecule has 2 rings (SSSR count). The van der Waals surface area contributed by atoms with E-state index in [9.17, 15) is 4.79 Å². The van der Waals surface area contributed by atoms with Crippen molar-refractivity contribution in [3.8, 4) is 11.5 Å². The van der Waals surface area contributed by atoms with Gasteiger partial charge >= 0.3 is 0 Å². The Morgan fingerprint density at radius 1 is 1.05 bits per heavy atom. The fraction of sp³-hybridized carbons (Fsp3) is 0.278. The predicted octanol–water partition coefficient (Wildman–Crippen LogP) is 3.63. The van der Waals surface area contributed by atoms with Gasteiger partial charge in [0.05, 0.1) is 12.6 Å². The zero-order valence-electron chi connectivity index (χ0n) is 12.9. The molecular formula is C18H21NO3. The molecule has 0 fully saturated rings. The van der Waals surface area contributed by atoms with Gasteiger partial charge < -0.3 is 14.8 Å². The number of ether oxygens (including phenoxy) is 2. The van der Waals surface area contributed by atoms with E-state index >= 15 is 0 Å². The van der Waals surface area contributed by atoms with E-state index < -0.39 is 0 Å². The Labute approximate surface area is 131 Å². The highest BCUT2D eigenvalue weighted by atomic mass is 16.5. The van der Waals surface area contributed by atoms with Gasteiger partial charge in [0.15, 0.2) is 0 Å². The fourth-order valence-corrected chi connectivity index (χ4v) is 2.03. The molecular weight excluding hydrogens is 278 g/mol. The number of hydrogen-bond donors (Lipinski definition) is 1. The zero-order valence-corrected chi connectivity index (χ0v) is 12.9. The van der Waals surface area contributed by atoms with Crippen LogP contribution in [0.25, 0.3) is 0 Å². The minimum Gasteiger partial charge on any atom is -0.457 e. The molecule has 1 N–H and O–H groups in total. The fourth-order valence-electron chi connectivity index (χ4n) is 2.03. The van der Waals surface area contributed by atoms with Gasteiger partial charge in [0, 0.05) is 12.7 Å². The van der Waals surface area contributed by atoms with Crippen molar-refractivity contribution in [2.24, 2.45) is 0 Å². The smallest absolute Gasteiger partial charge is 0.251 e. The first-order valence-corrected chi connectivity index (χ1v) is 7.35. The average molecular weight is 299 g/mol. The van der Waals surface area contributed by atoms with E-state index in [4.69, 9.17) is 9.47 Å². The Morgan fingerprint density at radius 2 is 1.68 bits per heavy atom. The lowest BCUT2D eigenvalue weighted by atomic mass is 10.1. The van der Waals surface area contributed by atoms with Crippen molar-refractivity contribution in [1.29, 1.82) is 0 Å². The number of rotatable bonds is 7. The molecule has 0 aromatic heterocycles. The summed E-state index contributed by atoms with van der Waals surface area (Å²) in [5.74, 6) is 1.37. The standard InChI is InChI=1S/C18H21NO3/c1-3-15(13-21-2)19-18(20)14-9-11-17(12-10-14)22-16-7-5-4-6-8-16/h4-12,15H,3,13H2,1-2H3,(H,19,20). The summed E-state index contributed by atoms with van der Waals surface area (Å²) in [4.78, 5) is 12.2. The van der Waals surface area contributed by atoms with E-state index in [0.29, 0.717) is 17.9 Å². The number of carbonyl (C=O) groups excluding carboxylic acids is 1. The van der Waals surface area contributed by atoms with Crippen LogP contribution in [0, 0.1) is 0 Å². The second-order valence-corrected chi connectivity index (χ2v) is 4.97. The van der Waals surface area contributed by atoms with Crippen molar-refractivity contribution in [1.82, 2.24) is 5.32 Å². The Kier molecular flexibility index (Phi) is 5.98. The van der Waals surface area contributed by atoms with E-state index in [1.54, 1.807) is 31.4 Å². The topological polar surface area (TPSA) is 47.6 Å². The first kappa shape index (κ1) is 16.0. The van der Waals surface area contributed by atoms with Crippen LogP contribution in [0.4, 0.5) is 0 Å². The number of methoxy groups -OCH3 is 1. The molecule has 0 radical (unpaired) electrons. The Balaban J connectivity index is 1.97. The summed E-state index contributed by atoms with van der Waals surface area (Å²) in [5.41, 5.74) is 0.606. The highest BCUT2D eigenvalue weighted by molar-refractivity contribution is 5.94. The predicted molar refractivity (Wildman–Crippen MR) is 86.4 cm³/mol. The molecule has 1 unspecified atom stereocenters. The van der Waals surface area contributed by atoms with Crippen LogP contribution in [-0.2, 0) is 4.74 Å². The summed E-state index contributed by atoms with van der Waals surface area (Å²) in [5, 5.41) is 2.95. The summed E-state index contributed by atoms with van der Waals surface area (Å²) in [6, 6.07) is 16.7. The molecule has 0 aliphatic heterocycles. The number of para-hydroxylation sites is 1. The molecule has 1 amide bonds. The molecule has 0 heterocycles. The van der Waals surface area contributed by atoms with Gasteiger partial charge in [-0.25, -0.2) is 0 Å². The highest BCUT2D eigenvalue weighted by Gasteiger charge is 2.12. The van der Waals surface area contributed by atoms with Gasteiger partial charge in [0.1, 0.15) is 11.5 Å². The normalized spacial score (nSPS) is 11.7. The third-order valence-corrected chi connectivity index (χ3v) is 3.29. The summed E-state index contributed by atoms with van der Waals surface area (Å²) in [6.07, 6.45) is 0.828. The SMILES string of the molecule is CCC(COC)NC(=O)c1ccc(Oc2ccccc2)cc1. The second-order valence-electron chi connectivity index (χ2n) is 4.97. The summed E-state index contributed by atoms with van der Waals surface area (Å²) in [7, 11) is 1.63. The largest absolute Gasteiger partial charge is 0.457 e. The Hall–Kier alpha value is -2.33. The Bertz CT molecular complexity index is 581. The maximum atomic E-state index is 12.2. The Morgan fingerprint density at radius 3 is 2.27 bits per heavy atom.